The van der Waals surface area contributed by atoms with Crippen LogP contribution in [0.1, 0.15) is 60.3 Å². The van der Waals surface area contributed by atoms with Gasteiger partial charge in [0.25, 0.3) is 0 Å². The van der Waals surface area contributed by atoms with Crippen LogP contribution in [-0.4, -0.2) is 84.1 Å². The number of benzene rings is 4. The van der Waals surface area contributed by atoms with Crippen molar-refractivity contribution in [3.63, 3.8) is 0 Å². The zero-order chi connectivity index (χ0) is 47.8. The van der Waals surface area contributed by atoms with Crippen LogP contribution in [0.3, 0.4) is 0 Å². The molecule has 2 N–H and O–H groups in total. The fourth-order valence-electron chi connectivity index (χ4n) is 8.21. The van der Waals surface area contributed by atoms with Gasteiger partial charge in [0, 0.05) is 37.3 Å². The lowest BCUT2D eigenvalue weighted by atomic mass is 9.94. The standard InChI is InChI=1S/2C26H26F3N3O2/c2*27-20-9-7-18(8-10-20)24(23-6-1-2-13-30-23)31-26(33)19-11-14-32(15-12-19)16-17-34-25-21(28)4-3-5-22(25)29/h2*1-10,13,19,24H,11-12,14-17H2,(H,31,33). The number of likely N-dealkylation sites (tertiary alicyclic amines) is 2. The van der Waals surface area contributed by atoms with Crippen molar-refractivity contribution in [2.45, 2.75) is 37.8 Å². The van der Waals surface area contributed by atoms with Crippen LogP contribution >= 0.6 is 0 Å². The third-order valence-electron chi connectivity index (χ3n) is 12.0. The number of hydrogen-bond donors (Lipinski definition) is 2. The largest absolute Gasteiger partial charge is 0.486 e. The highest BCUT2D eigenvalue weighted by molar-refractivity contribution is 5.80. The fraction of sp³-hybridized carbons (Fsp3) is 0.308. The van der Waals surface area contributed by atoms with Gasteiger partial charge in [-0.1, -0.05) is 48.5 Å². The number of rotatable bonds is 16. The van der Waals surface area contributed by atoms with E-state index in [9.17, 15) is 35.9 Å². The molecule has 4 aromatic carbocycles. The molecule has 2 saturated heterocycles. The van der Waals surface area contributed by atoms with Gasteiger partial charge in [0.05, 0.1) is 23.5 Å². The van der Waals surface area contributed by atoms with Crippen LogP contribution in [0.5, 0.6) is 11.5 Å². The lowest BCUT2D eigenvalue weighted by Crippen LogP contribution is -2.43. The van der Waals surface area contributed by atoms with Crippen molar-refractivity contribution in [2.24, 2.45) is 11.8 Å². The van der Waals surface area contributed by atoms with Crippen molar-refractivity contribution in [3.05, 3.63) is 191 Å². The summed E-state index contributed by atoms with van der Waals surface area (Å²) in [4.78, 5) is 39.1. The van der Waals surface area contributed by atoms with Crippen LogP contribution in [0.2, 0.25) is 0 Å². The maximum atomic E-state index is 13.7. The molecule has 10 nitrogen and oxygen atoms in total. The number of piperidine rings is 2. The summed E-state index contributed by atoms with van der Waals surface area (Å²) < 4.78 is 92.1. The van der Waals surface area contributed by atoms with Gasteiger partial charge in [-0.25, -0.2) is 26.3 Å². The summed E-state index contributed by atoms with van der Waals surface area (Å²) in [6.07, 6.45) is 5.92. The Morgan fingerprint density at radius 1 is 0.500 bits per heavy atom. The van der Waals surface area contributed by atoms with E-state index >= 15 is 0 Å². The van der Waals surface area contributed by atoms with Gasteiger partial charge in [0.2, 0.25) is 11.8 Å². The minimum absolute atomic E-state index is 0.0793. The number of amides is 2. The van der Waals surface area contributed by atoms with Gasteiger partial charge in [-0.2, -0.15) is 0 Å². The maximum absolute atomic E-state index is 13.7. The van der Waals surface area contributed by atoms with Crippen LogP contribution in [-0.2, 0) is 9.59 Å². The summed E-state index contributed by atoms with van der Waals surface area (Å²) in [5, 5.41) is 6.16. The Kier molecular flexibility index (Phi) is 17.6. The smallest absolute Gasteiger partial charge is 0.224 e. The molecule has 356 valence electrons. The van der Waals surface area contributed by atoms with Gasteiger partial charge in [0.1, 0.15) is 24.8 Å². The van der Waals surface area contributed by atoms with Crippen LogP contribution in [0.4, 0.5) is 26.3 Å². The predicted octanol–water partition coefficient (Wildman–Crippen LogP) is 8.99. The van der Waals surface area contributed by atoms with E-state index in [0.717, 1.165) is 35.4 Å². The number of para-hydroxylation sites is 2. The number of aromatic nitrogens is 2. The molecule has 2 aliphatic rings. The van der Waals surface area contributed by atoms with Gasteiger partial charge in [0.15, 0.2) is 34.8 Å². The number of carbonyl (C=O) groups excluding carboxylic acids is 2. The number of nitrogens with zero attached hydrogens (tertiary/aromatic N) is 4. The van der Waals surface area contributed by atoms with E-state index in [0.29, 0.717) is 76.3 Å². The van der Waals surface area contributed by atoms with E-state index in [4.69, 9.17) is 9.47 Å². The Bertz CT molecular complexity index is 2310. The molecule has 0 saturated carbocycles. The van der Waals surface area contributed by atoms with Crippen LogP contribution in [0, 0.1) is 46.7 Å². The molecule has 68 heavy (non-hydrogen) atoms. The summed E-state index contributed by atoms with van der Waals surface area (Å²) >= 11 is 0. The number of halogens is 6. The zero-order valence-electron chi connectivity index (χ0n) is 37.2. The highest BCUT2D eigenvalue weighted by atomic mass is 19.2. The first-order valence-electron chi connectivity index (χ1n) is 22.5. The molecule has 16 heteroatoms. The molecule has 0 bridgehead atoms. The van der Waals surface area contributed by atoms with Crippen molar-refractivity contribution in [1.82, 2.24) is 30.4 Å². The van der Waals surface area contributed by atoms with Gasteiger partial charge < -0.3 is 20.1 Å². The molecule has 6 aromatic rings. The molecule has 0 spiro atoms. The summed E-state index contributed by atoms with van der Waals surface area (Å²) in [5.74, 6) is -4.81. The highest BCUT2D eigenvalue weighted by Gasteiger charge is 2.30. The van der Waals surface area contributed by atoms with Crippen molar-refractivity contribution < 1.29 is 45.4 Å². The van der Waals surface area contributed by atoms with Crippen LogP contribution in [0.15, 0.2) is 134 Å². The minimum atomic E-state index is -0.723. The van der Waals surface area contributed by atoms with E-state index in [-0.39, 0.29) is 60.0 Å². The average molecular weight is 939 g/mol. The third-order valence-corrected chi connectivity index (χ3v) is 12.0. The molecule has 0 aliphatic carbocycles. The molecule has 8 rings (SSSR count). The summed E-state index contributed by atoms with van der Waals surface area (Å²) in [5.41, 5.74) is 2.86. The molecular weight excluding hydrogens is 887 g/mol. The second kappa shape index (κ2) is 24.3. The summed E-state index contributed by atoms with van der Waals surface area (Å²) in [7, 11) is 0. The Hall–Kier alpha value is -6.78. The second-order valence-electron chi connectivity index (χ2n) is 16.5. The van der Waals surface area contributed by atoms with E-state index in [1.807, 2.05) is 24.3 Å². The van der Waals surface area contributed by atoms with Crippen molar-refractivity contribution >= 4 is 11.8 Å². The molecule has 2 aromatic heterocycles. The summed E-state index contributed by atoms with van der Waals surface area (Å²) in [6, 6.07) is 29.3. The van der Waals surface area contributed by atoms with E-state index in [1.165, 1.54) is 36.4 Å². The van der Waals surface area contributed by atoms with E-state index in [1.54, 1.807) is 48.8 Å². The van der Waals surface area contributed by atoms with Gasteiger partial charge in [-0.15, -0.1) is 0 Å². The lowest BCUT2D eigenvalue weighted by Gasteiger charge is -2.32. The molecule has 2 fully saturated rings. The van der Waals surface area contributed by atoms with Crippen molar-refractivity contribution in [1.29, 1.82) is 0 Å². The molecule has 2 atom stereocenters. The predicted molar refractivity (Wildman–Crippen MR) is 243 cm³/mol. The first-order valence-corrected chi connectivity index (χ1v) is 22.5. The Morgan fingerprint density at radius 2 is 0.853 bits per heavy atom. The average Bonchev–Trinajstić information content (AvgIpc) is 3.36. The monoisotopic (exact) mass is 938 g/mol. The quantitative estimate of drug-likeness (QED) is 0.0927. The Morgan fingerprint density at radius 3 is 1.18 bits per heavy atom. The lowest BCUT2D eigenvalue weighted by molar-refractivity contribution is -0.127. The number of carbonyl (C=O) groups is 2. The van der Waals surface area contributed by atoms with Gasteiger partial charge >= 0.3 is 0 Å². The van der Waals surface area contributed by atoms with Crippen LogP contribution < -0.4 is 20.1 Å². The first kappa shape index (κ1) is 49.1. The van der Waals surface area contributed by atoms with E-state index in [2.05, 4.69) is 30.4 Å². The topological polar surface area (TPSA) is 109 Å². The molecule has 4 heterocycles. The second-order valence-corrected chi connectivity index (χ2v) is 16.5. The fourth-order valence-corrected chi connectivity index (χ4v) is 8.21. The van der Waals surface area contributed by atoms with Crippen LogP contribution in [0.25, 0.3) is 0 Å². The summed E-state index contributed by atoms with van der Waals surface area (Å²) in [6.45, 7) is 4.01. The number of hydrogen-bond acceptors (Lipinski definition) is 8. The normalized spacial score (nSPS) is 15.6. The first-order chi connectivity index (χ1) is 33.0. The Balaban J connectivity index is 0.000000201. The number of pyridine rings is 2. The highest BCUT2D eigenvalue weighted by Crippen LogP contribution is 2.27. The minimum Gasteiger partial charge on any atom is -0.486 e. The van der Waals surface area contributed by atoms with Gasteiger partial charge in [-0.05, 0) is 136 Å². The molecular formula is C52H52F6N6O4. The molecule has 2 amide bonds. The third kappa shape index (κ3) is 13.7. The molecule has 2 unspecified atom stereocenters. The van der Waals surface area contributed by atoms with Crippen molar-refractivity contribution in [2.75, 3.05) is 52.5 Å². The Labute approximate surface area is 391 Å². The number of ether oxygens (including phenoxy) is 2. The van der Waals surface area contributed by atoms with Gasteiger partial charge in [-0.3, -0.25) is 29.4 Å². The number of nitrogens with one attached hydrogen (secondary N) is 2. The SMILES string of the molecule is O=C(NC(c1ccc(F)cc1)c1ccccn1)C1CCN(CCOc2c(F)cccc2F)CC1.O=C(NC(c1ccc(F)cc1)c1ccccn1)C1CCN(CCOc2c(F)cccc2F)CC1. The molecule has 2 aliphatic heterocycles. The zero-order valence-corrected chi connectivity index (χ0v) is 37.2. The van der Waals surface area contributed by atoms with E-state index < -0.39 is 35.4 Å². The van der Waals surface area contributed by atoms with Crippen molar-refractivity contribution in [3.8, 4) is 11.5 Å². The molecule has 0 radical (unpaired) electrons. The maximum Gasteiger partial charge on any atom is 0.224 e.